The van der Waals surface area contributed by atoms with Crippen molar-refractivity contribution in [1.82, 2.24) is 0 Å². The van der Waals surface area contributed by atoms with Gasteiger partial charge in [0.15, 0.2) is 0 Å². The van der Waals surface area contributed by atoms with Crippen LogP contribution in [-0.2, 0) is 4.57 Å². The van der Waals surface area contributed by atoms with Crippen molar-refractivity contribution in [3.05, 3.63) is 30.3 Å². The Morgan fingerprint density at radius 2 is 1.92 bits per heavy atom. The summed E-state index contributed by atoms with van der Waals surface area (Å²) in [6.07, 6.45) is 0. The Morgan fingerprint density at radius 3 is 2.33 bits per heavy atom. The van der Waals surface area contributed by atoms with Gasteiger partial charge < -0.3 is 4.89 Å². The van der Waals surface area contributed by atoms with Crippen molar-refractivity contribution < 1.29 is 14.6 Å². The van der Waals surface area contributed by atoms with Crippen molar-refractivity contribution >= 4 is 28.3 Å². The van der Waals surface area contributed by atoms with Crippen LogP contribution in [0.4, 0.5) is 0 Å². The molecule has 62 valence electrons. The van der Waals surface area contributed by atoms with E-state index in [9.17, 15) is 0 Å². The SMILES string of the molecule is O=P[O-].O[CH2][Al+][c]1ccccc1. The van der Waals surface area contributed by atoms with Crippen molar-refractivity contribution in [3.63, 3.8) is 0 Å². The minimum atomic E-state index is -1.08. The molecule has 12 heavy (non-hydrogen) atoms. The van der Waals surface area contributed by atoms with Gasteiger partial charge in [0.25, 0.3) is 0 Å². The molecule has 0 aromatic heterocycles. The zero-order chi connectivity index (χ0) is 9.23. The van der Waals surface area contributed by atoms with Gasteiger partial charge in [-0.15, -0.1) is 0 Å². The van der Waals surface area contributed by atoms with Gasteiger partial charge in [0, 0.05) is 0 Å². The zero-order valence-electron chi connectivity index (χ0n) is 6.38. The van der Waals surface area contributed by atoms with Crippen molar-refractivity contribution in [2.24, 2.45) is 0 Å². The molecular weight excluding hydrogens is 190 g/mol. The van der Waals surface area contributed by atoms with Crippen LogP contribution in [0.15, 0.2) is 30.3 Å². The molecule has 0 spiro atoms. The van der Waals surface area contributed by atoms with E-state index in [0.717, 1.165) is 0 Å². The van der Waals surface area contributed by atoms with Gasteiger partial charge in [-0.05, 0) is 0 Å². The summed E-state index contributed by atoms with van der Waals surface area (Å²) in [6, 6.07) is 10.1. The number of benzene rings is 1. The normalized spacial score (nSPS) is 8.17. The Bertz CT molecular complexity index is 205. The van der Waals surface area contributed by atoms with E-state index in [2.05, 4.69) is 0 Å². The summed E-state index contributed by atoms with van der Waals surface area (Å²) < 4.78 is 9.62. The topological polar surface area (TPSA) is 60.4 Å². The molecule has 5 heteroatoms. The van der Waals surface area contributed by atoms with Gasteiger partial charge in [0.05, 0.1) is 8.69 Å². The van der Waals surface area contributed by atoms with Crippen LogP contribution < -0.4 is 9.32 Å². The number of rotatable bonds is 2. The first-order chi connectivity index (χ1) is 5.85. The van der Waals surface area contributed by atoms with E-state index in [1.165, 1.54) is 4.43 Å². The van der Waals surface area contributed by atoms with Crippen LogP contribution in [-0.4, -0.2) is 25.8 Å². The molecule has 1 rings (SSSR count). The van der Waals surface area contributed by atoms with Crippen LogP contribution in [0.3, 0.4) is 0 Å². The van der Waals surface area contributed by atoms with Crippen molar-refractivity contribution in [3.8, 4) is 0 Å². The van der Waals surface area contributed by atoms with E-state index in [1.807, 2.05) is 30.3 Å². The Morgan fingerprint density at radius 1 is 1.42 bits per heavy atom. The van der Waals surface area contributed by atoms with Crippen molar-refractivity contribution in [1.29, 1.82) is 0 Å². The molecule has 0 fully saturated rings. The summed E-state index contributed by atoms with van der Waals surface area (Å²) in [6.45, 7) is 0. The number of aliphatic hydroxyl groups is 1. The molecule has 0 saturated carbocycles. The van der Waals surface area contributed by atoms with E-state index in [-0.39, 0.29) is 15.2 Å². The van der Waals surface area contributed by atoms with E-state index in [1.54, 1.807) is 0 Å². The Hall–Kier alpha value is -0.228. The molecular formula is C7H8AlO3P. The van der Waals surface area contributed by atoms with Gasteiger partial charge >= 0.3 is 60.6 Å². The predicted octanol–water partition coefficient (Wildman–Crippen LogP) is -0.481. The van der Waals surface area contributed by atoms with Gasteiger partial charge in [-0.3, -0.25) is 4.57 Å². The van der Waals surface area contributed by atoms with Crippen LogP contribution in [0.2, 0.25) is 0 Å². The fourth-order valence-corrected chi connectivity index (χ4v) is 1.40. The third kappa shape index (κ3) is 6.48. The van der Waals surface area contributed by atoms with Gasteiger partial charge in [0.2, 0.25) is 0 Å². The second-order valence-corrected chi connectivity index (χ2v) is 3.46. The zero-order valence-corrected chi connectivity index (χ0v) is 8.43. The summed E-state index contributed by atoms with van der Waals surface area (Å²) in [4.78, 5) is 8.35. The summed E-state index contributed by atoms with van der Waals surface area (Å²) in [5.74, 6) is 0. The van der Waals surface area contributed by atoms with Crippen molar-refractivity contribution in [2.75, 3.05) is 5.47 Å². The summed E-state index contributed by atoms with van der Waals surface area (Å²) >= 11 is 0.0986. The first kappa shape index (κ1) is 11.8. The molecule has 1 aromatic rings. The molecule has 0 atom stereocenters. The van der Waals surface area contributed by atoms with E-state index >= 15 is 0 Å². The first-order valence-corrected chi connectivity index (χ1v) is 5.41. The second kappa shape index (κ2) is 8.87. The Kier molecular flexibility index (Phi) is 8.70. The number of hydrogen-bond acceptors (Lipinski definition) is 3. The maximum atomic E-state index is 8.56. The summed E-state index contributed by atoms with van der Waals surface area (Å²) in [5, 5.41) is 8.56. The molecule has 3 nitrogen and oxygen atoms in total. The van der Waals surface area contributed by atoms with Crippen LogP contribution in [0.1, 0.15) is 0 Å². The summed E-state index contributed by atoms with van der Waals surface area (Å²) in [7, 11) is -1.08. The average Bonchev–Trinajstić information content (AvgIpc) is 2.08. The third-order valence-electron chi connectivity index (χ3n) is 1.13. The molecule has 0 aliphatic heterocycles. The van der Waals surface area contributed by atoms with Crippen LogP contribution in [0, 0.1) is 0 Å². The third-order valence-corrected chi connectivity index (χ3v) is 2.17. The van der Waals surface area contributed by atoms with Crippen LogP contribution >= 0.6 is 8.69 Å². The first-order valence-electron chi connectivity index (χ1n) is 3.29. The molecule has 0 saturated heterocycles. The monoisotopic (exact) mass is 198 g/mol. The fourth-order valence-electron chi connectivity index (χ4n) is 0.695. The fraction of sp³-hybridized carbons (Fsp3) is 0.143. The Balaban J connectivity index is 0.000000354. The number of hydrogen-bond donors (Lipinski definition) is 1. The van der Waals surface area contributed by atoms with E-state index in [4.69, 9.17) is 14.6 Å². The number of aliphatic hydroxyl groups excluding tert-OH is 1. The Labute approximate surface area is 79.1 Å². The molecule has 0 radical (unpaired) electrons. The van der Waals surface area contributed by atoms with Crippen LogP contribution in [0.5, 0.6) is 0 Å². The van der Waals surface area contributed by atoms with E-state index < -0.39 is 8.69 Å². The second-order valence-electron chi connectivity index (χ2n) is 1.87. The van der Waals surface area contributed by atoms with Gasteiger partial charge in [-0.2, -0.15) is 0 Å². The molecule has 0 aliphatic rings. The van der Waals surface area contributed by atoms with E-state index in [0.29, 0.717) is 5.47 Å². The average molecular weight is 198 g/mol. The molecule has 0 bridgehead atoms. The predicted molar refractivity (Wildman–Crippen MR) is 46.5 cm³/mol. The standard InChI is InChI=1S/C6H5.CH3O.Al.HO2P/c1-2-4-6-5-3-1;1-2;;1-3-2/h1-5H;2H,1H2;;(H,1,2)/q;;+1;/p-1. The minimum absolute atomic E-state index is 0.0986. The molecule has 1 N–H and O–H groups in total. The van der Waals surface area contributed by atoms with Crippen LogP contribution in [0.25, 0.3) is 0 Å². The summed E-state index contributed by atoms with van der Waals surface area (Å²) in [5.41, 5.74) is 0.323. The van der Waals surface area contributed by atoms with Crippen molar-refractivity contribution in [2.45, 2.75) is 0 Å². The van der Waals surface area contributed by atoms with Gasteiger partial charge in [-0.25, -0.2) is 0 Å². The van der Waals surface area contributed by atoms with Gasteiger partial charge in [-0.1, -0.05) is 0 Å². The maximum absolute atomic E-state index is 8.56. The quantitative estimate of drug-likeness (QED) is 0.515. The molecule has 0 amide bonds. The molecule has 1 aromatic carbocycles. The van der Waals surface area contributed by atoms with Gasteiger partial charge in [0.1, 0.15) is 0 Å². The molecule has 0 aliphatic carbocycles. The molecule has 0 heterocycles. The molecule has 0 unspecified atom stereocenters.